The smallest absolute Gasteiger partial charge is 0.240 e. The van der Waals surface area contributed by atoms with Gasteiger partial charge in [-0.05, 0) is 30.5 Å². The zero-order chi connectivity index (χ0) is 14.0. The van der Waals surface area contributed by atoms with Crippen LogP contribution in [0.3, 0.4) is 0 Å². The SMILES string of the molecule is Cl.Cl.NC1(C(=O)NCc2ccn3ccnc3c2)CCOCC1. The monoisotopic (exact) mass is 346 g/mol. The van der Waals surface area contributed by atoms with Crippen molar-refractivity contribution in [3.8, 4) is 0 Å². The summed E-state index contributed by atoms with van der Waals surface area (Å²) in [5.41, 5.74) is 7.21. The van der Waals surface area contributed by atoms with Crippen LogP contribution in [0.15, 0.2) is 30.7 Å². The number of fused-ring (bicyclic) bond motifs is 1. The molecule has 1 saturated heterocycles. The molecule has 3 N–H and O–H groups in total. The van der Waals surface area contributed by atoms with Crippen molar-refractivity contribution in [3.63, 3.8) is 0 Å². The minimum absolute atomic E-state index is 0. The van der Waals surface area contributed by atoms with Crippen LogP contribution in [0.25, 0.3) is 5.65 Å². The number of halogens is 2. The van der Waals surface area contributed by atoms with Crippen molar-refractivity contribution in [3.05, 3.63) is 36.3 Å². The molecule has 1 amide bonds. The van der Waals surface area contributed by atoms with Crippen LogP contribution in [0.1, 0.15) is 18.4 Å². The van der Waals surface area contributed by atoms with Gasteiger partial charge in [0.25, 0.3) is 0 Å². The molecule has 8 heteroatoms. The number of hydrogen-bond donors (Lipinski definition) is 2. The lowest BCUT2D eigenvalue weighted by atomic mass is 9.90. The van der Waals surface area contributed by atoms with Crippen LogP contribution in [0, 0.1) is 0 Å². The Labute approximate surface area is 141 Å². The van der Waals surface area contributed by atoms with Gasteiger partial charge in [0, 0.05) is 38.3 Å². The summed E-state index contributed by atoms with van der Waals surface area (Å²) in [6, 6.07) is 3.91. The third-order valence-corrected chi connectivity index (χ3v) is 3.75. The molecule has 3 heterocycles. The van der Waals surface area contributed by atoms with E-state index in [4.69, 9.17) is 10.5 Å². The summed E-state index contributed by atoms with van der Waals surface area (Å²) in [5.74, 6) is -0.107. The number of carbonyl (C=O) groups excluding carboxylic acids is 1. The van der Waals surface area contributed by atoms with E-state index in [1.54, 1.807) is 6.20 Å². The maximum atomic E-state index is 12.2. The molecule has 122 valence electrons. The molecule has 0 aromatic carbocycles. The Balaban J connectivity index is 0.00000121. The Morgan fingerprint density at radius 2 is 2.09 bits per heavy atom. The number of nitrogens with two attached hydrogens (primary N) is 1. The van der Waals surface area contributed by atoms with Crippen LogP contribution >= 0.6 is 24.8 Å². The summed E-state index contributed by atoms with van der Waals surface area (Å²) in [6.07, 6.45) is 6.69. The summed E-state index contributed by atoms with van der Waals surface area (Å²) >= 11 is 0. The number of rotatable bonds is 3. The fraction of sp³-hybridized carbons (Fsp3) is 0.429. The van der Waals surface area contributed by atoms with Gasteiger partial charge in [-0.3, -0.25) is 4.79 Å². The first-order chi connectivity index (χ1) is 9.67. The van der Waals surface area contributed by atoms with Crippen molar-refractivity contribution in [2.45, 2.75) is 24.9 Å². The number of carbonyl (C=O) groups is 1. The Hall–Kier alpha value is -1.34. The third-order valence-electron chi connectivity index (χ3n) is 3.75. The average Bonchev–Trinajstić information content (AvgIpc) is 2.93. The van der Waals surface area contributed by atoms with E-state index in [2.05, 4.69) is 10.3 Å². The first-order valence-corrected chi connectivity index (χ1v) is 6.74. The summed E-state index contributed by atoms with van der Waals surface area (Å²) < 4.78 is 7.17. The standard InChI is InChI=1S/C14H18N4O2.2ClH/c15-14(2-7-20-8-3-14)13(19)17-10-11-1-5-18-6-4-16-12(18)9-11;;/h1,4-6,9H,2-3,7-8,10,15H2,(H,17,19);2*1H. The zero-order valence-electron chi connectivity index (χ0n) is 12.0. The summed E-state index contributed by atoms with van der Waals surface area (Å²) in [4.78, 5) is 16.4. The fourth-order valence-electron chi connectivity index (χ4n) is 2.38. The third kappa shape index (κ3) is 3.89. The lowest BCUT2D eigenvalue weighted by molar-refractivity contribution is -0.129. The van der Waals surface area contributed by atoms with Crippen molar-refractivity contribution < 1.29 is 9.53 Å². The van der Waals surface area contributed by atoms with Gasteiger partial charge in [-0.15, -0.1) is 24.8 Å². The van der Waals surface area contributed by atoms with Gasteiger partial charge in [-0.25, -0.2) is 4.98 Å². The number of nitrogens with zero attached hydrogens (tertiary/aromatic N) is 2. The van der Waals surface area contributed by atoms with E-state index in [-0.39, 0.29) is 30.7 Å². The molecule has 0 bridgehead atoms. The van der Waals surface area contributed by atoms with Crippen molar-refractivity contribution in [2.24, 2.45) is 5.73 Å². The maximum absolute atomic E-state index is 12.2. The molecular weight excluding hydrogens is 327 g/mol. The van der Waals surface area contributed by atoms with E-state index in [9.17, 15) is 4.79 Å². The van der Waals surface area contributed by atoms with Crippen molar-refractivity contribution in [2.75, 3.05) is 13.2 Å². The largest absolute Gasteiger partial charge is 0.381 e. The summed E-state index contributed by atoms with van der Waals surface area (Å²) in [6.45, 7) is 1.55. The van der Waals surface area contributed by atoms with Crippen LogP contribution in [0.4, 0.5) is 0 Å². The van der Waals surface area contributed by atoms with Crippen LogP contribution in [-0.2, 0) is 16.1 Å². The number of ether oxygens (including phenoxy) is 1. The van der Waals surface area contributed by atoms with Crippen molar-refractivity contribution in [1.29, 1.82) is 0 Å². The normalized spacial score (nSPS) is 16.4. The van der Waals surface area contributed by atoms with Gasteiger partial charge in [0.05, 0.1) is 5.54 Å². The molecule has 0 spiro atoms. The van der Waals surface area contributed by atoms with Crippen LogP contribution in [-0.4, -0.2) is 34.0 Å². The van der Waals surface area contributed by atoms with Gasteiger partial charge in [0.15, 0.2) is 0 Å². The lowest BCUT2D eigenvalue weighted by Gasteiger charge is -2.31. The van der Waals surface area contributed by atoms with E-state index in [0.29, 0.717) is 32.6 Å². The molecule has 0 aliphatic carbocycles. The fourth-order valence-corrected chi connectivity index (χ4v) is 2.38. The summed E-state index contributed by atoms with van der Waals surface area (Å²) in [7, 11) is 0. The first-order valence-electron chi connectivity index (χ1n) is 6.74. The first kappa shape index (κ1) is 18.7. The second-order valence-corrected chi connectivity index (χ2v) is 5.18. The van der Waals surface area contributed by atoms with E-state index in [1.165, 1.54) is 0 Å². The van der Waals surface area contributed by atoms with Crippen LogP contribution < -0.4 is 11.1 Å². The van der Waals surface area contributed by atoms with E-state index in [0.717, 1.165) is 11.2 Å². The predicted octanol–water partition coefficient (Wildman–Crippen LogP) is 1.30. The maximum Gasteiger partial charge on any atom is 0.240 e. The van der Waals surface area contributed by atoms with E-state index < -0.39 is 5.54 Å². The topological polar surface area (TPSA) is 81.7 Å². The molecule has 1 aliphatic heterocycles. The molecule has 1 aliphatic rings. The Morgan fingerprint density at radius 1 is 1.36 bits per heavy atom. The molecule has 3 rings (SSSR count). The molecule has 2 aromatic heterocycles. The molecule has 1 fully saturated rings. The van der Waals surface area contributed by atoms with Crippen LogP contribution in [0.2, 0.25) is 0 Å². The van der Waals surface area contributed by atoms with Gasteiger partial charge in [-0.2, -0.15) is 0 Å². The molecule has 0 unspecified atom stereocenters. The zero-order valence-corrected chi connectivity index (χ0v) is 13.7. The molecule has 6 nitrogen and oxygen atoms in total. The number of imidazole rings is 1. The number of amides is 1. The highest BCUT2D eigenvalue weighted by atomic mass is 35.5. The Morgan fingerprint density at radius 3 is 2.82 bits per heavy atom. The van der Waals surface area contributed by atoms with Crippen molar-refractivity contribution >= 4 is 36.4 Å². The van der Waals surface area contributed by atoms with Gasteiger partial charge in [0.2, 0.25) is 5.91 Å². The van der Waals surface area contributed by atoms with Gasteiger partial charge < -0.3 is 20.2 Å². The van der Waals surface area contributed by atoms with Crippen LogP contribution in [0.5, 0.6) is 0 Å². The quantitative estimate of drug-likeness (QED) is 0.877. The van der Waals surface area contributed by atoms with Gasteiger partial charge in [0.1, 0.15) is 5.65 Å². The highest BCUT2D eigenvalue weighted by Crippen LogP contribution is 2.18. The number of aromatic nitrogens is 2. The second kappa shape index (κ2) is 7.78. The lowest BCUT2D eigenvalue weighted by Crippen LogP contribution is -2.56. The van der Waals surface area contributed by atoms with Gasteiger partial charge >= 0.3 is 0 Å². The minimum atomic E-state index is -0.796. The van der Waals surface area contributed by atoms with E-state index >= 15 is 0 Å². The Kier molecular flexibility index (Phi) is 6.62. The molecule has 0 atom stereocenters. The molecular formula is C14H20Cl2N4O2. The highest BCUT2D eigenvalue weighted by molar-refractivity contribution is 5.86. The molecule has 0 radical (unpaired) electrons. The predicted molar refractivity (Wildman–Crippen MR) is 88.5 cm³/mol. The molecule has 0 saturated carbocycles. The minimum Gasteiger partial charge on any atom is -0.381 e. The second-order valence-electron chi connectivity index (χ2n) is 5.18. The highest BCUT2D eigenvalue weighted by Gasteiger charge is 2.35. The average molecular weight is 347 g/mol. The van der Waals surface area contributed by atoms with Gasteiger partial charge in [-0.1, -0.05) is 0 Å². The number of pyridine rings is 1. The van der Waals surface area contributed by atoms with E-state index in [1.807, 2.05) is 28.9 Å². The summed E-state index contributed by atoms with van der Waals surface area (Å²) in [5, 5.41) is 2.91. The Bertz CT molecular complexity index is 626. The molecule has 2 aromatic rings. The van der Waals surface area contributed by atoms with Crippen molar-refractivity contribution in [1.82, 2.24) is 14.7 Å². The number of hydrogen-bond acceptors (Lipinski definition) is 4. The molecule has 22 heavy (non-hydrogen) atoms. The number of nitrogens with one attached hydrogen (secondary N) is 1.